The van der Waals surface area contributed by atoms with Gasteiger partial charge in [0.2, 0.25) is 0 Å². The van der Waals surface area contributed by atoms with Crippen LogP contribution < -0.4 is 5.73 Å². The van der Waals surface area contributed by atoms with E-state index < -0.39 is 0 Å². The minimum atomic E-state index is 1.14. The molecule has 0 aromatic heterocycles. The predicted molar refractivity (Wildman–Crippen MR) is 132 cm³/mol. The lowest BCUT2D eigenvalue weighted by Crippen LogP contribution is -1.85. The lowest BCUT2D eigenvalue weighted by Gasteiger charge is -2.00. The SMILES string of the molecule is CC.CCCC.CCCCc1ccc(CC)cc1.CCc1ccccc1.CN. The van der Waals surface area contributed by atoms with Crippen molar-refractivity contribution in [1.29, 1.82) is 0 Å². The first-order valence-corrected chi connectivity index (χ1v) is 11.4. The van der Waals surface area contributed by atoms with Crippen LogP contribution in [0.3, 0.4) is 0 Å². The molecule has 28 heavy (non-hydrogen) atoms. The van der Waals surface area contributed by atoms with Gasteiger partial charge < -0.3 is 5.73 Å². The van der Waals surface area contributed by atoms with Crippen molar-refractivity contribution in [2.75, 3.05) is 7.05 Å². The van der Waals surface area contributed by atoms with Gasteiger partial charge in [-0.3, -0.25) is 0 Å². The van der Waals surface area contributed by atoms with Crippen molar-refractivity contribution in [2.24, 2.45) is 5.73 Å². The maximum Gasteiger partial charge on any atom is -0.0195 e. The lowest BCUT2D eigenvalue weighted by atomic mass is 10.1. The molecule has 0 spiro atoms. The number of unbranched alkanes of at least 4 members (excludes halogenated alkanes) is 2. The molecule has 1 nitrogen and oxygen atoms in total. The van der Waals surface area contributed by atoms with Crippen molar-refractivity contribution in [3.05, 3.63) is 71.3 Å². The summed E-state index contributed by atoms with van der Waals surface area (Å²) in [7, 11) is 1.50. The van der Waals surface area contributed by atoms with E-state index in [4.69, 9.17) is 0 Å². The van der Waals surface area contributed by atoms with Gasteiger partial charge in [0.25, 0.3) is 0 Å². The minimum Gasteiger partial charge on any atom is -0.333 e. The first-order chi connectivity index (χ1) is 13.7. The lowest BCUT2D eigenvalue weighted by molar-refractivity contribution is 0.794. The van der Waals surface area contributed by atoms with Crippen molar-refractivity contribution in [3.63, 3.8) is 0 Å². The molecule has 0 aliphatic heterocycles. The summed E-state index contributed by atoms with van der Waals surface area (Å²) in [6.45, 7) is 15.0. The zero-order chi connectivity index (χ0) is 22.0. The number of hydrogen-bond acceptors (Lipinski definition) is 1. The van der Waals surface area contributed by atoms with Crippen molar-refractivity contribution >= 4 is 0 Å². The maximum absolute atomic E-state index is 4.50. The molecule has 2 N–H and O–H groups in total. The largest absolute Gasteiger partial charge is 0.333 e. The van der Waals surface area contributed by atoms with E-state index in [-0.39, 0.29) is 0 Å². The van der Waals surface area contributed by atoms with Crippen LogP contribution in [0.1, 0.15) is 90.8 Å². The van der Waals surface area contributed by atoms with Gasteiger partial charge in [-0.1, -0.05) is 122 Å². The Morgan fingerprint density at radius 2 is 0.929 bits per heavy atom. The average Bonchev–Trinajstić information content (AvgIpc) is 2.81. The third kappa shape index (κ3) is 20.7. The summed E-state index contributed by atoms with van der Waals surface area (Å²) >= 11 is 0. The van der Waals surface area contributed by atoms with Gasteiger partial charge in [0, 0.05) is 0 Å². The molecule has 2 rings (SSSR count). The van der Waals surface area contributed by atoms with Crippen LogP contribution in [-0.2, 0) is 19.3 Å². The van der Waals surface area contributed by atoms with Gasteiger partial charge in [-0.15, -0.1) is 0 Å². The fraction of sp³-hybridized carbons (Fsp3) is 0.556. The van der Waals surface area contributed by atoms with Crippen molar-refractivity contribution < 1.29 is 0 Å². The quantitative estimate of drug-likeness (QED) is 0.530. The second-order valence-corrected chi connectivity index (χ2v) is 6.11. The van der Waals surface area contributed by atoms with Crippen LogP contribution >= 0.6 is 0 Å². The van der Waals surface area contributed by atoms with E-state index >= 15 is 0 Å². The molecule has 0 unspecified atom stereocenters. The van der Waals surface area contributed by atoms with Crippen LogP contribution in [-0.4, -0.2) is 7.05 Å². The zero-order valence-electron chi connectivity index (χ0n) is 20.2. The van der Waals surface area contributed by atoms with E-state index in [9.17, 15) is 0 Å². The molecule has 0 saturated heterocycles. The van der Waals surface area contributed by atoms with Gasteiger partial charge in [-0.05, 0) is 49.4 Å². The highest BCUT2D eigenvalue weighted by Crippen LogP contribution is 2.07. The van der Waals surface area contributed by atoms with E-state index in [0.717, 1.165) is 12.8 Å². The fourth-order valence-electron chi connectivity index (χ4n) is 2.04. The molecule has 162 valence electrons. The molecule has 0 aliphatic carbocycles. The number of hydrogen-bond donors (Lipinski definition) is 1. The fourth-order valence-corrected chi connectivity index (χ4v) is 2.04. The highest BCUT2D eigenvalue weighted by atomic mass is 14.4. The van der Waals surface area contributed by atoms with Gasteiger partial charge >= 0.3 is 0 Å². The smallest absolute Gasteiger partial charge is 0.0195 e. The van der Waals surface area contributed by atoms with Gasteiger partial charge in [0.1, 0.15) is 0 Å². The Labute approximate surface area is 177 Å². The maximum atomic E-state index is 4.50. The first kappa shape index (κ1) is 31.1. The monoisotopic (exact) mass is 387 g/mol. The summed E-state index contributed by atoms with van der Waals surface area (Å²) in [5, 5.41) is 0. The summed E-state index contributed by atoms with van der Waals surface area (Å²) in [5.41, 5.74) is 8.83. The number of benzene rings is 2. The predicted octanol–water partition coefficient (Wildman–Crippen LogP) is 8.25. The van der Waals surface area contributed by atoms with Crippen molar-refractivity contribution in [1.82, 2.24) is 0 Å². The third-order valence-corrected chi connectivity index (χ3v) is 4.00. The molecule has 0 radical (unpaired) electrons. The second-order valence-electron chi connectivity index (χ2n) is 6.11. The van der Waals surface area contributed by atoms with Crippen LogP contribution in [0.2, 0.25) is 0 Å². The molecule has 2 aromatic rings. The van der Waals surface area contributed by atoms with E-state index in [1.54, 1.807) is 0 Å². The van der Waals surface area contributed by atoms with Crippen LogP contribution in [0.15, 0.2) is 54.6 Å². The third-order valence-electron chi connectivity index (χ3n) is 4.00. The number of aryl methyl sites for hydroxylation is 3. The second kappa shape index (κ2) is 27.6. The summed E-state index contributed by atoms with van der Waals surface area (Å²) in [6, 6.07) is 19.5. The summed E-state index contributed by atoms with van der Waals surface area (Å²) < 4.78 is 0. The molecule has 0 amide bonds. The molecule has 0 heterocycles. The van der Waals surface area contributed by atoms with E-state index in [0.29, 0.717) is 0 Å². The Morgan fingerprint density at radius 1 is 0.536 bits per heavy atom. The first-order valence-electron chi connectivity index (χ1n) is 11.4. The minimum absolute atomic E-state index is 1.14. The Hall–Kier alpha value is -1.60. The Kier molecular flexibility index (Phi) is 30.7. The molecule has 0 fully saturated rings. The molecule has 0 atom stereocenters. The standard InChI is InChI=1S/C12H18.C8H10.C4H10.C2H6.CH5N/c1-3-5-6-12-9-7-11(4-2)8-10-12;1-2-8-6-4-3-5-7-8;1-3-4-2;2*1-2/h7-10H,3-6H2,1-2H3;3-7H,2H2,1H3;3-4H2,1-2H3;1-2H3;2H2,1H3. The average molecular weight is 388 g/mol. The van der Waals surface area contributed by atoms with Crippen LogP contribution in [0.25, 0.3) is 0 Å². The zero-order valence-corrected chi connectivity index (χ0v) is 20.2. The molecule has 0 saturated carbocycles. The Bertz CT molecular complexity index is 471. The summed E-state index contributed by atoms with van der Waals surface area (Å²) in [6.07, 6.45) is 8.76. The van der Waals surface area contributed by atoms with E-state index in [1.165, 1.54) is 55.8 Å². The molecule has 1 heteroatoms. The number of rotatable bonds is 6. The highest BCUT2D eigenvalue weighted by molar-refractivity contribution is 5.22. The van der Waals surface area contributed by atoms with E-state index in [2.05, 4.69) is 88.9 Å². The van der Waals surface area contributed by atoms with Crippen LogP contribution in [0, 0.1) is 0 Å². The van der Waals surface area contributed by atoms with Crippen LogP contribution in [0.5, 0.6) is 0 Å². The number of nitrogens with two attached hydrogens (primary N) is 1. The summed E-state index contributed by atoms with van der Waals surface area (Å²) in [4.78, 5) is 0. The molecule has 0 bridgehead atoms. The molecular formula is C27H49N. The van der Waals surface area contributed by atoms with Gasteiger partial charge in [0.05, 0.1) is 0 Å². The normalized spacial score (nSPS) is 8.46. The van der Waals surface area contributed by atoms with Gasteiger partial charge in [-0.25, -0.2) is 0 Å². The topological polar surface area (TPSA) is 26.0 Å². The Morgan fingerprint density at radius 3 is 1.25 bits per heavy atom. The Balaban J connectivity index is -0.000000338. The molecule has 0 aliphatic rings. The van der Waals surface area contributed by atoms with E-state index in [1.807, 2.05) is 19.9 Å². The van der Waals surface area contributed by atoms with Gasteiger partial charge in [0.15, 0.2) is 0 Å². The molecule has 2 aromatic carbocycles. The van der Waals surface area contributed by atoms with Gasteiger partial charge in [-0.2, -0.15) is 0 Å². The van der Waals surface area contributed by atoms with Crippen LogP contribution in [0.4, 0.5) is 0 Å². The molecular weight excluding hydrogens is 338 g/mol. The summed E-state index contributed by atoms with van der Waals surface area (Å²) in [5.74, 6) is 0. The highest BCUT2D eigenvalue weighted by Gasteiger charge is 1.92. The van der Waals surface area contributed by atoms with Crippen molar-refractivity contribution in [3.8, 4) is 0 Å². The van der Waals surface area contributed by atoms with Crippen molar-refractivity contribution in [2.45, 2.75) is 93.4 Å².